The molecule has 4 aromatic rings. The summed E-state index contributed by atoms with van der Waals surface area (Å²) in [5.74, 6) is 2.38. The molecule has 0 atom stereocenters. The fraction of sp³-hybridized carbons (Fsp3) is 0.200. The Hall–Kier alpha value is -4.60. The van der Waals surface area contributed by atoms with Crippen molar-refractivity contribution in [1.29, 1.82) is 0 Å². The largest absolute Gasteiger partial charge is 0.497 e. The highest BCUT2D eigenvalue weighted by atomic mass is 16.5. The van der Waals surface area contributed by atoms with Gasteiger partial charge in [0.2, 0.25) is 5.95 Å². The number of hydrogen-bond acceptors (Lipinski definition) is 8. The molecule has 2 aromatic heterocycles. The molecular weight excluding hydrogens is 450 g/mol. The van der Waals surface area contributed by atoms with Crippen molar-refractivity contribution in [1.82, 2.24) is 20.2 Å². The van der Waals surface area contributed by atoms with Crippen molar-refractivity contribution in [2.75, 3.05) is 26.1 Å². The first-order valence-corrected chi connectivity index (χ1v) is 10.9. The predicted octanol–water partition coefficient (Wildman–Crippen LogP) is 4.11. The first kappa shape index (κ1) is 23.6. The zero-order valence-electron chi connectivity index (χ0n) is 19.6. The summed E-state index contributed by atoms with van der Waals surface area (Å²) in [5, 5.41) is 9.61. The average Bonchev–Trinajstić information content (AvgIpc) is 3.36. The molecule has 0 bridgehead atoms. The molecule has 1 amide bonds. The van der Waals surface area contributed by atoms with Crippen molar-refractivity contribution in [3.63, 3.8) is 0 Å². The van der Waals surface area contributed by atoms with Crippen molar-refractivity contribution in [3.05, 3.63) is 72.1 Å². The van der Waals surface area contributed by atoms with E-state index < -0.39 is 0 Å². The number of nitrogens with zero attached hydrogens (tertiary/aromatic N) is 3. The zero-order valence-corrected chi connectivity index (χ0v) is 19.6. The quantitative estimate of drug-likeness (QED) is 0.352. The van der Waals surface area contributed by atoms with Gasteiger partial charge in [0.05, 0.1) is 26.4 Å². The number of H-pyrrole nitrogens is 1. The maximum atomic E-state index is 12.9. The van der Waals surface area contributed by atoms with Gasteiger partial charge >= 0.3 is 0 Å². The highest BCUT2D eigenvalue weighted by Gasteiger charge is 2.16. The average molecular weight is 476 g/mol. The van der Waals surface area contributed by atoms with Crippen molar-refractivity contribution >= 4 is 11.9 Å². The molecule has 0 aliphatic heterocycles. The monoisotopic (exact) mass is 475 g/mol. The summed E-state index contributed by atoms with van der Waals surface area (Å²) in [6.07, 6.45) is 3.41. The molecule has 0 aliphatic rings. The molecule has 180 valence electrons. The van der Waals surface area contributed by atoms with E-state index in [1.165, 1.54) is 0 Å². The van der Waals surface area contributed by atoms with Gasteiger partial charge in [0.1, 0.15) is 18.1 Å². The van der Waals surface area contributed by atoms with Crippen LogP contribution >= 0.6 is 0 Å². The number of benzene rings is 2. The molecule has 0 aliphatic carbocycles. The topological polar surface area (TPSA) is 120 Å². The van der Waals surface area contributed by atoms with E-state index in [9.17, 15) is 4.79 Å². The number of carbonyl (C=O) groups excluding carboxylic acids is 1. The highest BCUT2D eigenvalue weighted by Crippen LogP contribution is 2.32. The SMILES string of the molecule is CCOc1cc(C(=O)Nc2n[nH]c(-c3ccc(OC)cc3OC)n2)ccc1OCc1ccncc1. The standard InChI is InChI=1S/C25H25N5O5/c1-4-34-22-13-17(5-8-20(22)35-15-16-9-11-26-12-10-16)24(31)28-25-27-23(29-30-25)19-7-6-18(32-2)14-21(19)33-3/h5-14H,4,15H2,1-3H3,(H2,27,28,29,30,31). The van der Waals surface area contributed by atoms with Crippen molar-refractivity contribution in [2.24, 2.45) is 0 Å². The Morgan fingerprint density at radius 1 is 0.943 bits per heavy atom. The molecule has 0 saturated carbocycles. The van der Waals surface area contributed by atoms with Crippen LogP contribution < -0.4 is 24.3 Å². The number of methoxy groups -OCH3 is 2. The van der Waals surface area contributed by atoms with E-state index in [4.69, 9.17) is 18.9 Å². The number of carbonyl (C=O) groups is 1. The second-order valence-corrected chi connectivity index (χ2v) is 7.27. The van der Waals surface area contributed by atoms with E-state index in [0.717, 1.165) is 5.56 Å². The molecule has 2 aromatic carbocycles. The van der Waals surface area contributed by atoms with E-state index >= 15 is 0 Å². The Morgan fingerprint density at radius 2 is 1.77 bits per heavy atom. The second-order valence-electron chi connectivity index (χ2n) is 7.27. The summed E-state index contributed by atoms with van der Waals surface area (Å²) in [4.78, 5) is 21.2. The maximum absolute atomic E-state index is 12.9. The second kappa shape index (κ2) is 11.0. The molecule has 0 unspecified atom stereocenters. The van der Waals surface area contributed by atoms with Gasteiger partial charge in [-0.3, -0.25) is 20.2 Å². The molecular formula is C25H25N5O5. The number of hydrogen-bond donors (Lipinski definition) is 2. The molecule has 0 saturated heterocycles. The summed E-state index contributed by atoms with van der Waals surface area (Å²) in [6, 6.07) is 14.0. The van der Waals surface area contributed by atoms with E-state index in [2.05, 4.69) is 25.5 Å². The van der Waals surface area contributed by atoms with Crippen molar-refractivity contribution < 1.29 is 23.7 Å². The Morgan fingerprint density at radius 3 is 2.51 bits per heavy atom. The molecule has 35 heavy (non-hydrogen) atoms. The van der Waals surface area contributed by atoms with E-state index in [-0.39, 0.29) is 11.9 Å². The number of aromatic amines is 1. The van der Waals surface area contributed by atoms with Crippen LogP contribution in [-0.4, -0.2) is 46.9 Å². The maximum Gasteiger partial charge on any atom is 0.258 e. The smallest absolute Gasteiger partial charge is 0.258 e. The van der Waals surface area contributed by atoms with E-state index in [0.29, 0.717) is 53.2 Å². The third kappa shape index (κ3) is 5.67. The molecule has 0 fully saturated rings. The number of nitrogens with one attached hydrogen (secondary N) is 2. The minimum atomic E-state index is -0.390. The molecule has 10 nitrogen and oxygen atoms in total. The van der Waals surface area contributed by atoms with E-state index in [1.807, 2.05) is 19.1 Å². The molecule has 2 heterocycles. The van der Waals surface area contributed by atoms with Gasteiger partial charge in [0.25, 0.3) is 5.91 Å². The lowest BCUT2D eigenvalue weighted by Crippen LogP contribution is -2.13. The van der Waals surface area contributed by atoms with E-state index in [1.54, 1.807) is 63.0 Å². The molecule has 10 heteroatoms. The van der Waals surface area contributed by atoms with Gasteiger partial charge in [-0.1, -0.05) is 0 Å². The van der Waals surface area contributed by atoms with Gasteiger partial charge in [-0.2, -0.15) is 4.98 Å². The van der Waals surface area contributed by atoms with Gasteiger partial charge in [-0.05, 0) is 55.0 Å². The van der Waals surface area contributed by atoms with Crippen LogP contribution in [-0.2, 0) is 6.61 Å². The summed E-state index contributed by atoms with van der Waals surface area (Å²) in [5.41, 5.74) is 2.02. The number of amides is 1. The predicted molar refractivity (Wildman–Crippen MR) is 129 cm³/mol. The molecule has 0 spiro atoms. The Bertz CT molecular complexity index is 1290. The Labute approximate surface area is 202 Å². The van der Waals surface area contributed by atoms with Crippen molar-refractivity contribution in [2.45, 2.75) is 13.5 Å². The summed E-state index contributed by atoms with van der Waals surface area (Å²) >= 11 is 0. The molecule has 2 N–H and O–H groups in total. The van der Waals surface area contributed by atoms with Crippen LogP contribution in [0.4, 0.5) is 5.95 Å². The summed E-state index contributed by atoms with van der Waals surface area (Å²) in [7, 11) is 3.13. The van der Waals surface area contributed by atoms with Crippen LogP contribution in [0.15, 0.2) is 60.9 Å². The van der Waals surface area contributed by atoms with Crippen molar-refractivity contribution in [3.8, 4) is 34.4 Å². The lowest BCUT2D eigenvalue weighted by Gasteiger charge is -2.13. The van der Waals surface area contributed by atoms with Crippen LogP contribution in [0.5, 0.6) is 23.0 Å². The first-order valence-electron chi connectivity index (χ1n) is 10.9. The van der Waals surface area contributed by atoms with Crippen LogP contribution in [0.3, 0.4) is 0 Å². The zero-order chi connectivity index (χ0) is 24.6. The fourth-order valence-corrected chi connectivity index (χ4v) is 3.28. The number of pyridine rings is 1. The lowest BCUT2D eigenvalue weighted by atomic mass is 10.2. The van der Waals surface area contributed by atoms with Gasteiger partial charge in [-0.25, -0.2) is 0 Å². The number of rotatable bonds is 10. The first-order chi connectivity index (χ1) is 17.1. The third-order valence-electron chi connectivity index (χ3n) is 5.02. The van der Waals surface area contributed by atoms with Crippen LogP contribution in [0.2, 0.25) is 0 Å². The minimum Gasteiger partial charge on any atom is -0.497 e. The van der Waals surface area contributed by atoms with Crippen LogP contribution in [0.25, 0.3) is 11.4 Å². The Kier molecular flexibility index (Phi) is 7.41. The Balaban J connectivity index is 1.48. The normalized spacial score (nSPS) is 10.5. The van der Waals surface area contributed by atoms with Gasteiger partial charge in [-0.15, -0.1) is 5.10 Å². The molecule has 4 rings (SSSR count). The third-order valence-corrected chi connectivity index (χ3v) is 5.02. The number of aromatic nitrogens is 4. The van der Waals surface area contributed by atoms with Gasteiger partial charge in [0.15, 0.2) is 17.3 Å². The number of anilines is 1. The fourth-order valence-electron chi connectivity index (χ4n) is 3.28. The lowest BCUT2D eigenvalue weighted by molar-refractivity contribution is 0.102. The minimum absolute atomic E-state index is 0.124. The summed E-state index contributed by atoms with van der Waals surface area (Å²) in [6.45, 7) is 2.63. The van der Waals surface area contributed by atoms with Crippen LogP contribution in [0.1, 0.15) is 22.8 Å². The van der Waals surface area contributed by atoms with Gasteiger partial charge < -0.3 is 18.9 Å². The van der Waals surface area contributed by atoms with Gasteiger partial charge in [0, 0.05) is 24.0 Å². The number of ether oxygens (including phenoxy) is 4. The summed E-state index contributed by atoms with van der Waals surface area (Å²) < 4.78 is 22.2. The van der Waals surface area contributed by atoms with Crippen LogP contribution in [0, 0.1) is 0 Å². The highest BCUT2D eigenvalue weighted by molar-refractivity contribution is 6.03. The molecule has 0 radical (unpaired) electrons.